The van der Waals surface area contributed by atoms with E-state index >= 15 is 0 Å². The summed E-state index contributed by atoms with van der Waals surface area (Å²) in [5.41, 5.74) is -1.90. The van der Waals surface area contributed by atoms with Crippen molar-refractivity contribution in [1.29, 1.82) is 0 Å². The van der Waals surface area contributed by atoms with Gasteiger partial charge in [-0.25, -0.2) is 8.78 Å². The molecule has 0 radical (unpaired) electrons. The first-order valence-electron chi connectivity index (χ1n) is 5.42. The van der Waals surface area contributed by atoms with Crippen molar-refractivity contribution in [1.82, 2.24) is 0 Å². The van der Waals surface area contributed by atoms with E-state index in [0.29, 0.717) is 5.56 Å². The van der Waals surface area contributed by atoms with Crippen molar-refractivity contribution in [2.45, 2.75) is 32.6 Å². The maximum Gasteiger partial charge on any atom is 0.314 e. The highest BCUT2D eigenvalue weighted by molar-refractivity contribution is 5.87. The maximum absolute atomic E-state index is 13.8. The molecule has 1 N–H and O–H groups in total. The number of carboxylic acids is 1. The van der Waals surface area contributed by atoms with Crippen molar-refractivity contribution in [3.63, 3.8) is 0 Å². The van der Waals surface area contributed by atoms with Crippen LogP contribution in [-0.2, 0) is 10.2 Å². The van der Waals surface area contributed by atoms with Crippen LogP contribution in [0.2, 0.25) is 0 Å². The Hall–Kier alpha value is -1.45. The van der Waals surface area contributed by atoms with Gasteiger partial charge in [-0.05, 0) is 36.5 Å². The van der Waals surface area contributed by atoms with Crippen molar-refractivity contribution in [3.05, 3.63) is 34.9 Å². The van der Waals surface area contributed by atoms with Gasteiger partial charge < -0.3 is 5.11 Å². The zero-order chi connectivity index (χ0) is 13.0. The van der Waals surface area contributed by atoms with Gasteiger partial charge in [0.15, 0.2) is 0 Å². The largest absolute Gasteiger partial charge is 0.481 e. The zero-order valence-electron chi connectivity index (χ0n) is 9.97. The Morgan fingerprint density at radius 1 is 1.29 bits per heavy atom. The molecule has 1 aromatic carbocycles. The highest BCUT2D eigenvalue weighted by Gasteiger charge is 2.69. The second kappa shape index (κ2) is 3.28. The van der Waals surface area contributed by atoms with E-state index in [1.165, 1.54) is 12.1 Å². The van der Waals surface area contributed by atoms with Gasteiger partial charge in [0, 0.05) is 5.56 Å². The Morgan fingerprint density at radius 3 is 2.00 bits per heavy atom. The molecule has 2 rings (SSSR count). The molecule has 2 nitrogen and oxygen atoms in total. The Kier molecular flexibility index (Phi) is 2.32. The first-order chi connectivity index (χ1) is 7.72. The minimum absolute atomic E-state index is 0.256. The molecule has 0 amide bonds. The predicted molar refractivity (Wildman–Crippen MR) is 58.8 cm³/mol. The topological polar surface area (TPSA) is 37.3 Å². The van der Waals surface area contributed by atoms with Gasteiger partial charge in [0.1, 0.15) is 17.0 Å². The van der Waals surface area contributed by atoms with Gasteiger partial charge in [-0.2, -0.15) is 0 Å². The molecule has 0 heterocycles. The number of halogens is 2. The SMILES string of the molecule is Cc1cc(F)c(C2(C(=O)O)CC2(C)C)c(F)c1. The molecule has 0 saturated heterocycles. The first kappa shape index (κ1) is 12.0. The Bertz CT molecular complexity index is 485. The summed E-state index contributed by atoms with van der Waals surface area (Å²) in [6, 6.07) is 2.36. The van der Waals surface area contributed by atoms with Gasteiger partial charge in [0.05, 0.1) is 0 Å². The van der Waals surface area contributed by atoms with E-state index in [-0.39, 0.29) is 12.0 Å². The highest BCUT2D eigenvalue weighted by atomic mass is 19.1. The van der Waals surface area contributed by atoms with Crippen LogP contribution in [0.4, 0.5) is 8.78 Å². The second-order valence-corrected chi connectivity index (χ2v) is 5.37. The lowest BCUT2D eigenvalue weighted by molar-refractivity contribution is -0.141. The molecular formula is C13H14F2O2. The minimum atomic E-state index is -1.42. The molecule has 1 aliphatic carbocycles. The van der Waals surface area contributed by atoms with E-state index in [1.807, 2.05) is 0 Å². The number of benzene rings is 1. The Morgan fingerprint density at radius 2 is 1.71 bits per heavy atom. The molecule has 1 unspecified atom stereocenters. The number of carboxylic acid groups (broad SMARTS) is 1. The predicted octanol–water partition coefficient (Wildman–Crippen LogP) is 3.03. The van der Waals surface area contributed by atoms with Crippen LogP contribution in [0.5, 0.6) is 0 Å². The zero-order valence-corrected chi connectivity index (χ0v) is 9.97. The average Bonchev–Trinajstić information content (AvgIpc) is 2.68. The summed E-state index contributed by atoms with van der Waals surface area (Å²) in [7, 11) is 0. The lowest BCUT2D eigenvalue weighted by Crippen LogP contribution is -2.28. The lowest BCUT2D eigenvalue weighted by atomic mass is 9.86. The van der Waals surface area contributed by atoms with E-state index in [1.54, 1.807) is 20.8 Å². The van der Waals surface area contributed by atoms with Crippen LogP contribution in [0.25, 0.3) is 0 Å². The van der Waals surface area contributed by atoms with Crippen molar-refractivity contribution >= 4 is 5.97 Å². The highest BCUT2D eigenvalue weighted by Crippen LogP contribution is 2.65. The summed E-state index contributed by atoms with van der Waals surface area (Å²) in [6.45, 7) is 4.99. The fourth-order valence-corrected chi connectivity index (χ4v) is 2.63. The number of hydrogen-bond acceptors (Lipinski definition) is 1. The summed E-state index contributed by atoms with van der Waals surface area (Å²) in [5.74, 6) is -2.70. The van der Waals surface area contributed by atoms with Crippen LogP contribution in [0.1, 0.15) is 31.4 Å². The molecule has 4 heteroatoms. The van der Waals surface area contributed by atoms with Gasteiger partial charge in [-0.15, -0.1) is 0 Å². The number of aliphatic carboxylic acids is 1. The molecule has 1 aliphatic rings. The second-order valence-electron chi connectivity index (χ2n) is 5.37. The molecular weight excluding hydrogens is 226 g/mol. The van der Waals surface area contributed by atoms with Crippen LogP contribution in [-0.4, -0.2) is 11.1 Å². The molecule has 1 atom stereocenters. The third-order valence-electron chi connectivity index (χ3n) is 3.72. The molecule has 17 heavy (non-hydrogen) atoms. The van der Waals surface area contributed by atoms with Gasteiger partial charge in [-0.3, -0.25) is 4.79 Å². The molecule has 0 bridgehead atoms. The third-order valence-corrected chi connectivity index (χ3v) is 3.72. The van der Waals surface area contributed by atoms with Crippen molar-refractivity contribution in [2.75, 3.05) is 0 Å². The van der Waals surface area contributed by atoms with Crippen molar-refractivity contribution < 1.29 is 18.7 Å². The summed E-state index contributed by atoms with van der Waals surface area (Å²) in [5, 5.41) is 9.28. The third kappa shape index (κ3) is 1.47. The summed E-state index contributed by atoms with van der Waals surface area (Å²) in [6.07, 6.45) is 0.256. The smallest absolute Gasteiger partial charge is 0.314 e. The number of rotatable bonds is 2. The lowest BCUT2D eigenvalue weighted by Gasteiger charge is -2.18. The molecule has 1 fully saturated rings. The van der Waals surface area contributed by atoms with Crippen molar-refractivity contribution in [3.8, 4) is 0 Å². The normalized spacial score (nSPS) is 25.7. The van der Waals surface area contributed by atoms with E-state index < -0.39 is 28.4 Å². The number of aryl methyl sites for hydroxylation is 1. The Labute approximate surface area is 98.3 Å². The fraction of sp³-hybridized carbons (Fsp3) is 0.462. The van der Waals surface area contributed by atoms with Crippen LogP contribution in [0.3, 0.4) is 0 Å². The van der Waals surface area contributed by atoms with Crippen LogP contribution < -0.4 is 0 Å². The quantitative estimate of drug-likeness (QED) is 0.862. The van der Waals surface area contributed by atoms with Gasteiger partial charge in [-0.1, -0.05) is 13.8 Å². The van der Waals surface area contributed by atoms with Crippen LogP contribution in [0.15, 0.2) is 12.1 Å². The fourth-order valence-electron chi connectivity index (χ4n) is 2.63. The minimum Gasteiger partial charge on any atom is -0.481 e. The maximum atomic E-state index is 13.8. The van der Waals surface area contributed by atoms with E-state index in [0.717, 1.165) is 0 Å². The number of carbonyl (C=O) groups is 1. The monoisotopic (exact) mass is 240 g/mol. The van der Waals surface area contributed by atoms with Crippen LogP contribution in [0, 0.1) is 24.0 Å². The summed E-state index contributed by atoms with van der Waals surface area (Å²) < 4.78 is 27.7. The summed E-state index contributed by atoms with van der Waals surface area (Å²) in [4.78, 5) is 11.4. The number of hydrogen-bond donors (Lipinski definition) is 1. The molecule has 0 aliphatic heterocycles. The van der Waals surface area contributed by atoms with E-state index in [4.69, 9.17) is 0 Å². The van der Waals surface area contributed by atoms with Crippen LogP contribution >= 0.6 is 0 Å². The molecule has 1 aromatic rings. The molecule has 0 spiro atoms. The van der Waals surface area contributed by atoms with E-state index in [2.05, 4.69) is 0 Å². The molecule has 1 saturated carbocycles. The van der Waals surface area contributed by atoms with E-state index in [9.17, 15) is 18.7 Å². The summed E-state index contributed by atoms with van der Waals surface area (Å²) >= 11 is 0. The molecule has 0 aromatic heterocycles. The van der Waals surface area contributed by atoms with Gasteiger partial charge in [0.25, 0.3) is 0 Å². The molecule has 92 valence electrons. The standard InChI is InChI=1S/C13H14F2O2/c1-7-4-8(14)10(9(15)5-7)13(11(16)17)6-12(13,2)3/h4-5H,6H2,1-3H3,(H,16,17). The van der Waals surface area contributed by atoms with Gasteiger partial charge >= 0.3 is 5.97 Å². The average molecular weight is 240 g/mol. The Balaban J connectivity index is 2.66. The first-order valence-corrected chi connectivity index (χ1v) is 5.42. The van der Waals surface area contributed by atoms with Gasteiger partial charge in [0.2, 0.25) is 0 Å². The van der Waals surface area contributed by atoms with Crippen molar-refractivity contribution in [2.24, 2.45) is 5.41 Å².